The summed E-state index contributed by atoms with van der Waals surface area (Å²) in [5.41, 5.74) is 0.254. The highest BCUT2D eigenvalue weighted by atomic mass is 32.1. The maximum absolute atomic E-state index is 12.5. The van der Waals surface area contributed by atoms with Gasteiger partial charge < -0.3 is 9.47 Å². The van der Waals surface area contributed by atoms with Crippen LogP contribution in [0.1, 0.15) is 25.1 Å². The van der Waals surface area contributed by atoms with Gasteiger partial charge in [-0.05, 0) is 44.5 Å². The van der Waals surface area contributed by atoms with E-state index in [9.17, 15) is 9.59 Å². The Morgan fingerprint density at radius 1 is 1.16 bits per heavy atom. The first-order chi connectivity index (χ1) is 12.0. The fourth-order valence-electron chi connectivity index (χ4n) is 2.30. The van der Waals surface area contributed by atoms with Crippen molar-refractivity contribution in [1.29, 1.82) is 0 Å². The Hall–Kier alpha value is -2.74. The lowest BCUT2D eigenvalue weighted by atomic mass is 10.2. The fraction of sp³-hybridized carbons (Fsp3) is 0.294. The summed E-state index contributed by atoms with van der Waals surface area (Å²) in [6.07, 6.45) is 1.72. The van der Waals surface area contributed by atoms with Gasteiger partial charge in [-0.1, -0.05) is 17.4 Å². The molecule has 0 saturated heterocycles. The molecule has 130 valence electrons. The smallest absolute Gasteiger partial charge is 0.295 e. The minimum absolute atomic E-state index is 0.193. The van der Waals surface area contributed by atoms with Crippen LogP contribution in [-0.4, -0.2) is 27.8 Å². The average Bonchev–Trinajstić information content (AvgIpc) is 2.87. The van der Waals surface area contributed by atoms with E-state index >= 15 is 0 Å². The molecule has 2 aromatic heterocycles. The van der Waals surface area contributed by atoms with Crippen molar-refractivity contribution in [1.82, 2.24) is 14.6 Å². The largest absolute Gasteiger partial charge is 0.490 e. The lowest BCUT2D eigenvalue weighted by molar-refractivity contribution is 0.287. The van der Waals surface area contributed by atoms with Crippen molar-refractivity contribution in [3.05, 3.63) is 54.7 Å². The molecule has 0 saturated carbocycles. The van der Waals surface area contributed by atoms with Gasteiger partial charge in [-0.3, -0.25) is 9.59 Å². The van der Waals surface area contributed by atoms with Gasteiger partial charge in [0, 0.05) is 0 Å². The van der Waals surface area contributed by atoms with Gasteiger partial charge in [-0.2, -0.15) is 14.6 Å². The summed E-state index contributed by atoms with van der Waals surface area (Å²) < 4.78 is 12.7. The third-order valence-electron chi connectivity index (χ3n) is 3.41. The highest BCUT2D eigenvalue weighted by Gasteiger charge is 2.09. The summed E-state index contributed by atoms with van der Waals surface area (Å²) in [6, 6.07) is 5.46. The van der Waals surface area contributed by atoms with Crippen LogP contribution in [0.5, 0.6) is 11.5 Å². The van der Waals surface area contributed by atoms with Gasteiger partial charge in [0.25, 0.3) is 11.1 Å². The number of aryl methyl sites for hydroxylation is 1. The highest BCUT2D eigenvalue weighted by Crippen LogP contribution is 2.28. The van der Waals surface area contributed by atoms with Gasteiger partial charge in [0.1, 0.15) is 5.69 Å². The maximum atomic E-state index is 12.5. The fourth-order valence-corrected chi connectivity index (χ4v) is 3.20. The van der Waals surface area contributed by atoms with Crippen molar-refractivity contribution in [2.75, 3.05) is 13.2 Å². The van der Waals surface area contributed by atoms with Crippen LogP contribution < -0.4 is 25.1 Å². The molecule has 0 atom stereocenters. The number of hydrogen-bond acceptors (Lipinski definition) is 7. The Morgan fingerprint density at radius 3 is 2.60 bits per heavy atom. The minimum Gasteiger partial charge on any atom is -0.490 e. The van der Waals surface area contributed by atoms with Crippen LogP contribution in [0.4, 0.5) is 0 Å². The summed E-state index contributed by atoms with van der Waals surface area (Å²) in [4.78, 5) is 28.2. The van der Waals surface area contributed by atoms with Crippen LogP contribution in [0, 0.1) is 6.92 Å². The molecule has 1 aromatic carbocycles. The Bertz CT molecular complexity index is 1090. The third-order valence-corrected chi connectivity index (χ3v) is 4.37. The topological polar surface area (TPSA) is 82.8 Å². The van der Waals surface area contributed by atoms with Crippen LogP contribution in [0.25, 0.3) is 11.0 Å². The van der Waals surface area contributed by atoms with Crippen molar-refractivity contribution in [2.24, 2.45) is 0 Å². The van der Waals surface area contributed by atoms with Gasteiger partial charge >= 0.3 is 0 Å². The SMILES string of the molecule is CCOc1ccc(C=c2sc3nc(=O)c(C)nn3c2=O)cc1OCC. The van der Waals surface area contributed by atoms with Crippen molar-refractivity contribution in [2.45, 2.75) is 20.8 Å². The number of hydrogen-bond donors (Lipinski definition) is 0. The van der Waals surface area contributed by atoms with Crippen molar-refractivity contribution in [3.8, 4) is 11.5 Å². The predicted octanol–water partition coefficient (Wildman–Crippen LogP) is 1.16. The first kappa shape index (κ1) is 17.1. The molecule has 0 radical (unpaired) electrons. The molecule has 0 unspecified atom stereocenters. The molecule has 0 aliphatic heterocycles. The van der Waals surface area contributed by atoms with E-state index in [1.54, 1.807) is 6.08 Å². The van der Waals surface area contributed by atoms with Crippen molar-refractivity contribution >= 4 is 22.4 Å². The summed E-state index contributed by atoms with van der Waals surface area (Å²) in [5, 5.41) is 4.00. The standard InChI is InChI=1S/C17H17N3O4S/c1-4-23-12-7-6-11(8-13(12)24-5-2)9-14-16(22)20-17(25-14)18-15(21)10(3)19-20/h6-9H,4-5H2,1-3H3. The summed E-state index contributed by atoms with van der Waals surface area (Å²) >= 11 is 1.12. The first-order valence-electron chi connectivity index (χ1n) is 7.85. The number of rotatable bonds is 5. The van der Waals surface area contributed by atoms with E-state index in [1.165, 1.54) is 6.92 Å². The molecule has 8 heteroatoms. The normalized spacial score (nSPS) is 11.9. The first-order valence-corrected chi connectivity index (χ1v) is 8.67. The van der Waals surface area contributed by atoms with E-state index in [2.05, 4.69) is 10.1 Å². The Kier molecular flexibility index (Phi) is 4.80. The average molecular weight is 359 g/mol. The predicted molar refractivity (Wildman–Crippen MR) is 95.7 cm³/mol. The van der Waals surface area contributed by atoms with E-state index in [1.807, 2.05) is 32.0 Å². The number of benzene rings is 1. The molecule has 0 fully saturated rings. The molecule has 0 amide bonds. The van der Waals surface area contributed by atoms with Crippen LogP contribution in [-0.2, 0) is 0 Å². The molecule has 7 nitrogen and oxygen atoms in total. The lowest BCUT2D eigenvalue weighted by Crippen LogP contribution is -2.27. The lowest BCUT2D eigenvalue weighted by Gasteiger charge is -2.11. The van der Waals surface area contributed by atoms with Gasteiger partial charge in [-0.15, -0.1) is 0 Å². The molecular weight excluding hydrogens is 342 g/mol. The Morgan fingerprint density at radius 2 is 1.88 bits per heavy atom. The molecule has 3 aromatic rings. The monoisotopic (exact) mass is 359 g/mol. The summed E-state index contributed by atoms with van der Waals surface area (Å²) in [7, 11) is 0. The molecule has 25 heavy (non-hydrogen) atoms. The maximum Gasteiger partial charge on any atom is 0.295 e. The van der Waals surface area contributed by atoms with Gasteiger partial charge in [0.15, 0.2) is 11.5 Å². The number of nitrogens with zero attached hydrogens (tertiary/aromatic N) is 3. The molecular formula is C17H17N3O4S. The van der Waals surface area contributed by atoms with Gasteiger partial charge in [0.2, 0.25) is 4.96 Å². The van der Waals surface area contributed by atoms with Crippen LogP contribution >= 0.6 is 11.3 Å². The second kappa shape index (κ2) is 7.02. The molecule has 3 rings (SSSR count). The highest BCUT2D eigenvalue weighted by molar-refractivity contribution is 7.15. The third kappa shape index (κ3) is 3.39. The van der Waals surface area contributed by atoms with Crippen LogP contribution in [0.2, 0.25) is 0 Å². The van der Waals surface area contributed by atoms with E-state index in [-0.39, 0.29) is 16.2 Å². The molecule has 0 spiro atoms. The van der Waals surface area contributed by atoms with Gasteiger partial charge in [-0.25, -0.2) is 0 Å². The minimum atomic E-state index is -0.424. The van der Waals surface area contributed by atoms with E-state index in [0.717, 1.165) is 21.4 Å². The second-order valence-corrected chi connectivity index (χ2v) is 6.19. The molecule has 0 aliphatic carbocycles. The zero-order valence-electron chi connectivity index (χ0n) is 14.1. The van der Waals surface area contributed by atoms with E-state index in [0.29, 0.717) is 29.2 Å². The van der Waals surface area contributed by atoms with E-state index < -0.39 is 5.56 Å². The number of thiazole rings is 1. The Labute approximate surface area is 147 Å². The Balaban J connectivity index is 2.13. The number of fused-ring (bicyclic) bond motifs is 1. The summed E-state index contributed by atoms with van der Waals surface area (Å²) in [6.45, 7) is 6.37. The van der Waals surface area contributed by atoms with Gasteiger partial charge in [0.05, 0.1) is 17.7 Å². The second-order valence-electron chi connectivity index (χ2n) is 5.18. The molecule has 0 bridgehead atoms. The van der Waals surface area contributed by atoms with E-state index in [4.69, 9.17) is 9.47 Å². The number of aromatic nitrogens is 3. The quantitative estimate of drug-likeness (QED) is 0.680. The number of ether oxygens (including phenoxy) is 2. The van der Waals surface area contributed by atoms with Crippen molar-refractivity contribution < 1.29 is 9.47 Å². The molecule has 2 heterocycles. The summed E-state index contributed by atoms with van der Waals surface area (Å²) in [5.74, 6) is 1.28. The van der Waals surface area contributed by atoms with Crippen molar-refractivity contribution in [3.63, 3.8) is 0 Å². The molecule has 0 N–H and O–H groups in total. The van der Waals surface area contributed by atoms with Crippen LogP contribution in [0.3, 0.4) is 0 Å². The molecule has 0 aliphatic rings. The zero-order valence-corrected chi connectivity index (χ0v) is 14.9. The van der Waals surface area contributed by atoms with Crippen LogP contribution in [0.15, 0.2) is 27.8 Å². The zero-order chi connectivity index (χ0) is 18.0.